The number of hydrogen-bond donors (Lipinski definition) is 2. The van der Waals surface area contributed by atoms with E-state index in [1.807, 2.05) is 30.3 Å². The van der Waals surface area contributed by atoms with Crippen LogP contribution in [0.1, 0.15) is 5.56 Å². The summed E-state index contributed by atoms with van der Waals surface area (Å²) >= 11 is 5.22. The molecule has 0 unspecified atom stereocenters. The zero-order valence-corrected chi connectivity index (χ0v) is 13.1. The minimum Gasteiger partial charge on any atom is -0.504 e. The molecule has 0 saturated carbocycles. The highest BCUT2D eigenvalue weighted by atomic mass is 32.1. The maximum Gasteiger partial charge on any atom is 0.216 e. The van der Waals surface area contributed by atoms with Crippen molar-refractivity contribution in [1.82, 2.24) is 14.9 Å². The molecule has 0 atom stereocenters. The first-order chi connectivity index (χ1) is 11.2. The van der Waals surface area contributed by atoms with Gasteiger partial charge in [0.25, 0.3) is 0 Å². The molecule has 0 fully saturated rings. The van der Waals surface area contributed by atoms with E-state index in [2.05, 4.69) is 15.3 Å². The Morgan fingerprint density at radius 1 is 1.26 bits per heavy atom. The van der Waals surface area contributed by atoms with E-state index in [-0.39, 0.29) is 5.75 Å². The third kappa shape index (κ3) is 3.14. The molecular formula is C16H14N4O2S. The van der Waals surface area contributed by atoms with Crippen molar-refractivity contribution < 1.29 is 9.84 Å². The van der Waals surface area contributed by atoms with Crippen molar-refractivity contribution in [3.05, 3.63) is 58.9 Å². The molecule has 0 aliphatic rings. The third-order valence-corrected chi connectivity index (χ3v) is 3.47. The first-order valence-electron chi connectivity index (χ1n) is 6.83. The summed E-state index contributed by atoms with van der Waals surface area (Å²) in [5.74, 6) is 1.08. The monoisotopic (exact) mass is 326 g/mol. The second kappa shape index (κ2) is 6.45. The van der Waals surface area contributed by atoms with E-state index >= 15 is 0 Å². The molecule has 23 heavy (non-hydrogen) atoms. The van der Waals surface area contributed by atoms with Crippen LogP contribution in [0.25, 0.3) is 11.4 Å². The number of methoxy groups -OCH3 is 1. The lowest BCUT2D eigenvalue weighted by molar-refractivity contribution is 0.373. The summed E-state index contributed by atoms with van der Waals surface area (Å²) in [4.78, 5) is 0. The molecule has 3 aromatic rings. The van der Waals surface area contributed by atoms with Gasteiger partial charge in [-0.3, -0.25) is 0 Å². The van der Waals surface area contributed by atoms with Gasteiger partial charge in [0.2, 0.25) is 4.77 Å². The zero-order valence-electron chi connectivity index (χ0n) is 12.3. The van der Waals surface area contributed by atoms with Crippen LogP contribution in [0.5, 0.6) is 11.5 Å². The predicted molar refractivity (Wildman–Crippen MR) is 90.5 cm³/mol. The molecule has 3 rings (SSSR count). The number of H-pyrrole nitrogens is 1. The summed E-state index contributed by atoms with van der Waals surface area (Å²) in [5, 5.41) is 20.9. The van der Waals surface area contributed by atoms with Crippen molar-refractivity contribution in [3.8, 4) is 22.9 Å². The minimum atomic E-state index is 0.0783. The number of aromatic hydroxyl groups is 1. The number of phenols is 1. The molecule has 1 heterocycles. The number of aromatic amines is 1. The Morgan fingerprint density at radius 2 is 2.04 bits per heavy atom. The predicted octanol–water partition coefficient (Wildman–Crippen LogP) is 3.20. The molecule has 2 N–H and O–H groups in total. The van der Waals surface area contributed by atoms with Gasteiger partial charge in [0.1, 0.15) is 0 Å². The van der Waals surface area contributed by atoms with Gasteiger partial charge < -0.3 is 9.84 Å². The van der Waals surface area contributed by atoms with Crippen molar-refractivity contribution in [3.63, 3.8) is 0 Å². The van der Waals surface area contributed by atoms with E-state index in [0.29, 0.717) is 16.3 Å². The molecule has 116 valence electrons. The summed E-state index contributed by atoms with van der Waals surface area (Å²) in [5.41, 5.74) is 1.67. The number of benzene rings is 2. The number of aromatic nitrogens is 3. The Hall–Kier alpha value is -2.93. The fourth-order valence-corrected chi connectivity index (χ4v) is 2.25. The van der Waals surface area contributed by atoms with E-state index in [4.69, 9.17) is 17.0 Å². The number of nitrogens with one attached hydrogen (secondary N) is 1. The van der Waals surface area contributed by atoms with Crippen LogP contribution in [0.15, 0.2) is 53.6 Å². The van der Waals surface area contributed by atoms with E-state index in [0.717, 1.165) is 11.1 Å². The maximum absolute atomic E-state index is 9.62. The second-order valence-corrected chi connectivity index (χ2v) is 5.09. The molecule has 0 aliphatic heterocycles. The Labute approximate surface area is 137 Å². The molecule has 2 aromatic carbocycles. The first-order valence-corrected chi connectivity index (χ1v) is 7.24. The smallest absolute Gasteiger partial charge is 0.216 e. The van der Waals surface area contributed by atoms with Gasteiger partial charge in [-0.15, -0.1) is 0 Å². The van der Waals surface area contributed by atoms with E-state index < -0.39 is 0 Å². The van der Waals surface area contributed by atoms with E-state index in [1.165, 1.54) is 7.11 Å². The fraction of sp³-hybridized carbons (Fsp3) is 0.0625. The van der Waals surface area contributed by atoms with Gasteiger partial charge in [-0.1, -0.05) is 30.3 Å². The van der Waals surface area contributed by atoms with Crippen LogP contribution in [-0.2, 0) is 0 Å². The topological polar surface area (TPSA) is 75.4 Å². The van der Waals surface area contributed by atoms with Crippen LogP contribution in [0.2, 0.25) is 0 Å². The van der Waals surface area contributed by atoms with Crippen LogP contribution in [0.3, 0.4) is 0 Å². The summed E-state index contributed by atoms with van der Waals surface area (Å²) in [7, 11) is 1.50. The Kier molecular flexibility index (Phi) is 4.20. The normalized spacial score (nSPS) is 11.0. The quantitative estimate of drug-likeness (QED) is 0.570. The number of hydrogen-bond acceptors (Lipinski definition) is 5. The van der Waals surface area contributed by atoms with Gasteiger partial charge in [0.15, 0.2) is 17.3 Å². The molecule has 0 aliphatic carbocycles. The molecule has 0 saturated heterocycles. The highest BCUT2D eigenvalue weighted by Gasteiger charge is 2.07. The summed E-state index contributed by atoms with van der Waals surface area (Å²) < 4.78 is 7.02. The van der Waals surface area contributed by atoms with E-state index in [1.54, 1.807) is 29.1 Å². The lowest BCUT2D eigenvalue weighted by Crippen LogP contribution is -1.95. The average molecular weight is 326 g/mol. The van der Waals surface area contributed by atoms with Crippen molar-refractivity contribution >= 4 is 18.4 Å². The summed E-state index contributed by atoms with van der Waals surface area (Å²) in [6.45, 7) is 0. The molecule has 0 bridgehead atoms. The van der Waals surface area contributed by atoms with Gasteiger partial charge in [-0.05, 0) is 36.0 Å². The highest BCUT2D eigenvalue weighted by molar-refractivity contribution is 7.71. The average Bonchev–Trinajstić information content (AvgIpc) is 2.95. The molecule has 0 amide bonds. The molecule has 0 radical (unpaired) electrons. The van der Waals surface area contributed by atoms with Crippen molar-refractivity contribution in [2.24, 2.45) is 5.10 Å². The fourth-order valence-electron chi connectivity index (χ4n) is 2.07. The lowest BCUT2D eigenvalue weighted by Gasteiger charge is -2.04. The van der Waals surface area contributed by atoms with Crippen LogP contribution < -0.4 is 4.74 Å². The van der Waals surface area contributed by atoms with Crippen molar-refractivity contribution in [2.75, 3.05) is 7.11 Å². The van der Waals surface area contributed by atoms with E-state index in [9.17, 15) is 5.11 Å². The molecule has 0 spiro atoms. The molecule has 6 nitrogen and oxygen atoms in total. The number of nitrogens with zero attached hydrogens (tertiary/aromatic N) is 3. The number of ether oxygens (including phenoxy) is 1. The van der Waals surface area contributed by atoms with Gasteiger partial charge >= 0.3 is 0 Å². The summed E-state index contributed by atoms with van der Waals surface area (Å²) in [6.07, 6.45) is 1.62. The Morgan fingerprint density at radius 3 is 2.78 bits per heavy atom. The number of rotatable bonds is 4. The van der Waals surface area contributed by atoms with Gasteiger partial charge in [-0.25, -0.2) is 5.10 Å². The molecule has 7 heteroatoms. The Bertz CT molecular complexity index is 900. The molecular weight excluding hydrogens is 312 g/mol. The SMILES string of the molecule is COc1cc(C=Nn2c(-c3ccccc3)n[nH]c2=S)ccc1O. The first kappa shape index (κ1) is 15.0. The zero-order chi connectivity index (χ0) is 16.2. The molecule has 1 aromatic heterocycles. The minimum absolute atomic E-state index is 0.0783. The lowest BCUT2D eigenvalue weighted by atomic mass is 10.2. The highest BCUT2D eigenvalue weighted by Crippen LogP contribution is 2.25. The van der Waals surface area contributed by atoms with Gasteiger partial charge in [0, 0.05) is 5.56 Å². The van der Waals surface area contributed by atoms with Crippen LogP contribution in [-0.4, -0.2) is 33.3 Å². The van der Waals surface area contributed by atoms with Gasteiger partial charge in [0.05, 0.1) is 13.3 Å². The van der Waals surface area contributed by atoms with Crippen molar-refractivity contribution in [2.45, 2.75) is 0 Å². The second-order valence-electron chi connectivity index (χ2n) is 4.71. The van der Waals surface area contributed by atoms with Crippen molar-refractivity contribution in [1.29, 1.82) is 0 Å². The summed E-state index contributed by atoms with van der Waals surface area (Å²) in [6, 6.07) is 14.6. The van der Waals surface area contributed by atoms with Crippen LogP contribution >= 0.6 is 12.2 Å². The van der Waals surface area contributed by atoms with Crippen LogP contribution in [0, 0.1) is 4.77 Å². The third-order valence-electron chi connectivity index (χ3n) is 3.21. The maximum atomic E-state index is 9.62. The van der Waals surface area contributed by atoms with Gasteiger partial charge in [-0.2, -0.15) is 14.9 Å². The largest absolute Gasteiger partial charge is 0.504 e. The standard InChI is InChI=1S/C16H14N4O2S/c1-22-14-9-11(7-8-13(14)21)10-17-20-15(18-19-16(20)23)12-5-3-2-4-6-12/h2-10,21H,1H3,(H,19,23). The Balaban J connectivity index is 1.98. The number of phenolic OH excluding ortho intramolecular Hbond substituents is 1. The van der Waals surface area contributed by atoms with Crippen LogP contribution in [0.4, 0.5) is 0 Å².